The van der Waals surface area contributed by atoms with Crippen LogP contribution < -0.4 is 16.7 Å². The molecule has 4 rings (SSSR count). The molecule has 11 heteroatoms. The van der Waals surface area contributed by atoms with Crippen LogP contribution in [0.5, 0.6) is 0 Å². The first-order chi connectivity index (χ1) is 14.0. The Bertz CT molecular complexity index is 1290. The zero-order valence-electron chi connectivity index (χ0n) is 14.9. The number of aromatic amines is 3. The molecule has 0 saturated heterocycles. The van der Waals surface area contributed by atoms with Crippen molar-refractivity contribution < 1.29 is 4.79 Å². The van der Waals surface area contributed by atoms with E-state index in [1.165, 1.54) is 4.57 Å². The summed E-state index contributed by atoms with van der Waals surface area (Å²) >= 11 is 4.54. The minimum Gasteiger partial charge on any atom is -0.324 e. The number of fused-ring (bicyclic) bond motifs is 1. The zero-order valence-corrected chi connectivity index (χ0v) is 17.3. The number of benzene rings is 2. The maximum Gasteiger partial charge on any atom is 0.344 e. The van der Waals surface area contributed by atoms with E-state index in [4.69, 9.17) is 0 Å². The van der Waals surface area contributed by atoms with E-state index in [1.807, 2.05) is 30.3 Å². The van der Waals surface area contributed by atoms with Gasteiger partial charge in [-0.1, -0.05) is 42.1 Å². The number of carbonyl (C=O) groups excluding carboxylic acids is 1. The smallest absolute Gasteiger partial charge is 0.324 e. The summed E-state index contributed by atoms with van der Waals surface area (Å²) in [7, 11) is 0. The maximum atomic E-state index is 12.4. The van der Waals surface area contributed by atoms with Crippen LogP contribution in [0.25, 0.3) is 11.0 Å². The SMILES string of the molecule is O=C(CSc1n[nH]c(=O)n1Cc1ccccc1)Nc1cc2[nH]c(=O)[nH]c2cc1Br. The standard InChI is InChI=1S/C18H15BrN6O3S/c19-11-6-13-14(22-16(27)21-13)7-12(11)20-15(26)9-29-18-24-23-17(28)25(18)8-10-4-2-1-3-5-10/h1-7H,8-9H2,(H,20,26)(H,23,28)(H2,21,22,27). The summed E-state index contributed by atoms with van der Waals surface area (Å²) in [6.07, 6.45) is 0. The molecule has 0 unspecified atom stereocenters. The van der Waals surface area contributed by atoms with Crippen LogP contribution in [0.15, 0.2) is 61.7 Å². The fourth-order valence-electron chi connectivity index (χ4n) is 2.79. The van der Waals surface area contributed by atoms with E-state index >= 15 is 0 Å². The molecule has 4 N–H and O–H groups in total. The number of amides is 1. The molecule has 0 aliphatic carbocycles. The number of nitrogens with zero attached hydrogens (tertiary/aromatic N) is 2. The number of aromatic nitrogens is 5. The van der Waals surface area contributed by atoms with Crippen LogP contribution in [-0.2, 0) is 11.3 Å². The summed E-state index contributed by atoms with van der Waals surface area (Å²) in [6, 6.07) is 12.9. The summed E-state index contributed by atoms with van der Waals surface area (Å²) in [5.41, 5.74) is 2.06. The van der Waals surface area contributed by atoms with Gasteiger partial charge in [0, 0.05) is 4.47 Å². The normalized spacial score (nSPS) is 11.1. The maximum absolute atomic E-state index is 12.4. The van der Waals surface area contributed by atoms with Crippen molar-refractivity contribution in [3.05, 3.63) is 73.5 Å². The molecule has 0 radical (unpaired) electrons. The molecule has 2 aromatic heterocycles. The Morgan fingerprint density at radius 2 is 1.86 bits per heavy atom. The number of rotatable bonds is 6. The van der Waals surface area contributed by atoms with Gasteiger partial charge in [-0.05, 0) is 33.6 Å². The average Bonchev–Trinajstić information content (AvgIpc) is 3.23. The molecule has 0 fully saturated rings. The molecule has 1 amide bonds. The summed E-state index contributed by atoms with van der Waals surface area (Å²) in [6.45, 7) is 0.364. The van der Waals surface area contributed by atoms with Crippen LogP contribution in [0.3, 0.4) is 0 Å². The number of hydrogen-bond acceptors (Lipinski definition) is 5. The van der Waals surface area contributed by atoms with Crippen LogP contribution in [-0.4, -0.2) is 36.4 Å². The van der Waals surface area contributed by atoms with Gasteiger partial charge in [-0.15, -0.1) is 5.10 Å². The second-order valence-electron chi connectivity index (χ2n) is 6.18. The Morgan fingerprint density at radius 3 is 2.62 bits per heavy atom. The highest BCUT2D eigenvalue weighted by Gasteiger charge is 2.13. The zero-order chi connectivity index (χ0) is 20.4. The lowest BCUT2D eigenvalue weighted by Crippen LogP contribution is -2.19. The fraction of sp³-hybridized carbons (Fsp3) is 0.111. The van der Waals surface area contributed by atoms with Crippen LogP contribution in [0, 0.1) is 0 Å². The second-order valence-corrected chi connectivity index (χ2v) is 7.97. The Labute approximate surface area is 176 Å². The van der Waals surface area contributed by atoms with Crippen LogP contribution in [0.4, 0.5) is 5.69 Å². The molecule has 2 heterocycles. The van der Waals surface area contributed by atoms with Gasteiger partial charge in [0.2, 0.25) is 5.91 Å². The largest absolute Gasteiger partial charge is 0.344 e. The van der Waals surface area contributed by atoms with Gasteiger partial charge in [0.05, 0.1) is 29.0 Å². The first-order valence-electron chi connectivity index (χ1n) is 8.53. The third-order valence-electron chi connectivity index (χ3n) is 4.12. The number of anilines is 1. The average molecular weight is 475 g/mol. The molecule has 0 aliphatic heterocycles. The Morgan fingerprint density at radius 1 is 1.14 bits per heavy atom. The van der Waals surface area contributed by atoms with Gasteiger partial charge < -0.3 is 15.3 Å². The lowest BCUT2D eigenvalue weighted by atomic mass is 10.2. The topological polar surface area (TPSA) is 128 Å². The molecule has 0 atom stereocenters. The summed E-state index contributed by atoms with van der Waals surface area (Å²) in [4.78, 5) is 41.1. The summed E-state index contributed by atoms with van der Waals surface area (Å²) in [5, 5.41) is 9.65. The van der Waals surface area contributed by atoms with Gasteiger partial charge in [0.25, 0.3) is 0 Å². The number of nitrogens with one attached hydrogen (secondary N) is 4. The Balaban J connectivity index is 1.45. The molecule has 148 valence electrons. The van der Waals surface area contributed by atoms with E-state index < -0.39 is 0 Å². The molecule has 0 aliphatic rings. The monoisotopic (exact) mass is 474 g/mol. The lowest BCUT2D eigenvalue weighted by molar-refractivity contribution is -0.113. The van der Waals surface area contributed by atoms with Crippen molar-refractivity contribution in [2.24, 2.45) is 0 Å². The van der Waals surface area contributed by atoms with E-state index in [0.29, 0.717) is 32.9 Å². The fourth-order valence-corrected chi connectivity index (χ4v) is 3.98. The quantitative estimate of drug-likeness (QED) is 0.318. The molecular formula is C18H15BrN6O3S. The first kappa shape index (κ1) is 19.3. The number of H-pyrrole nitrogens is 3. The highest BCUT2D eigenvalue weighted by molar-refractivity contribution is 9.10. The third-order valence-corrected chi connectivity index (χ3v) is 5.75. The molecule has 0 spiro atoms. The second kappa shape index (κ2) is 8.13. The first-order valence-corrected chi connectivity index (χ1v) is 10.3. The number of imidazole rings is 1. The highest BCUT2D eigenvalue weighted by Crippen LogP contribution is 2.26. The van der Waals surface area contributed by atoms with E-state index in [1.54, 1.807) is 12.1 Å². The lowest BCUT2D eigenvalue weighted by Gasteiger charge is -2.08. The van der Waals surface area contributed by atoms with E-state index in [9.17, 15) is 14.4 Å². The number of carbonyl (C=O) groups is 1. The van der Waals surface area contributed by atoms with E-state index in [2.05, 4.69) is 41.4 Å². The number of halogens is 1. The van der Waals surface area contributed by atoms with E-state index in [0.717, 1.165) is 17.3 Å². The van der Waals surface area contributed by atoms with Crippen molar-refractivity contribution in [1.29, 1.82) is 0 Å². The van der Waals surface area contributed by atoms with Crippen molar-refractivity contribution in [3.63, 3.8) is 0 Å². The van der Waals surface area contributed by atoms with Gasteiger partial charge in [0.1, 0.15) is 0 Å². The number of thioether (sulfide) groups is 1. The predicted octanol–water partition coefficient (Wildman–Crippen LogP) is 2.28. The molecule has 29 heavy (non-hydrogen) atoms. The van der Waals surface area contributed by atoms with Crippen LogP contribution in [0.2, 0.25) is 0 Å². The third kappa shape index (κ3) is 4.35. The Kier molecular flexibility index (Phi) is 5.41. The van der Waals surface area contributed by atoms with Crippen LogP contribution in [0.1, 0.15) is 5.56 Å². The van der Waals surface area contributed by atoms with Gasteiger partial charge in [-0.2, -0.15) is 0 Å². The number of hydrogen-bond donors (Lipinski definition) is 4. The van der Waals surface area contributed by atoms with E-state index in [-0.39, 0.29) is 23.0 Å². The van der Waals surface area contributed by atoms with Gasteiger partial charge >= 0.3 is 11.4 Å². The van der Waals surface area contributed by atoms with Crippen molar-refractivity contribution >= 4 is 50.3 Å². The van der Waals surface area contributed by atoms with Crippen molar-refractivity contribution in [2.75, 3.05) is 11.1 Å². The summed E-state index contributed by atoms with van der Waals surface area (Å²) < 4.78 is 2.12. The van der Waals surface area contributed by atoms with Gasteiger partial charge in [-0.3, -0.25) is 9.36 Å². The molecule has 0 saturated carbocycles. The molecule has 4 aromatic rings. The predicted molar refractivity (Wildman–Crippen MR) is 114 cm³/mol. The Hall–Kier alpha value is -3.05. The molecule has 2 aromatic carbocycles. The minimum absolute atomic E-state index is 0.0627. The highest BCUT2D eigenvalue weighted by atomic mass is 79.9. The van der Waals surface area contributed by atoms with Crippen LogP contribution >= 0.6 is 27.7 Å². The van der Waals surface area contributed by atoms with Gasteiger partial charge in [-0.25, -0.2) is 14.7 Å². The molecule has 9 nitrogen and oxygen atoms in total. The molecule has 0 bridgehead atoms. The van der Waals surface area contributed by atoms with Crippen molar-refractivity contribution in [1.82, 2.24) is 24.7 Å². The molecular weight excluding hydrogens is 460 g/mol. The van der Waals surface area contributed by atoms with Crippen molar-refractivity contribution in [3.8, 4) is 0 Å². The minimum atomic E-state index is -0.332. The van der Waals surface area contributed by atoms with Crippen molar-refractivity contribution in [2.45, 2.75) is 11.7 Å². The summed E-state index contributed by atoms with van der Waals surface area (Å²) in [5.74, 6) is -0.206. The van der Waals surface area contributed by atoms with Gasteiger partial charge in [0.15, 0.2) is 5.16 Å².